The van der Waals surface area contributed by atoms with E-state index >= 15 is 0 Å². The van der Waals surface area contributed by atoms with Crippen molar-refractivity contribution in [1.29, 1.82) is 0 Å². The first-order valence-electron chi connectivity index (χ1n) is 8.11. The number of benzene rings is 2. The molecule has 0 aliphatic heterocycles. The van der Waals surface area contributed by atoms with Crippen molar-refractivity contribution >= 4 is 39.6 Å². The van der Waals surface area contributed by atoms with Gasteiger partial charge in [0, 0.05) is 5.39 Å². The number of primary amides is 1. The number of aromatic nitrogens is 3. The fourth-order valence-electron chi connectivity index (χ4n) is 2.98. The molecule has 4 rings (SSSR count). The average molecular weight is 384 g/mol. The lowest BCUT2D eigenvalue weighted by atomic mass is 10.1. The minimum absolute atomic E-state index is 0.183. The van der Waals surface area contributed by atoms with Gasteiger partial charge in [-0.2, -0.15) is 8.78 Å². The number of halogens is 2. The lowest BCUT2D eigenvalue weighted by molar-refractivity contribution is 0.0722. The molecule has 0 bridgehead atoms. The maximum atomic E-state index is 13.5. The Morgan fingerprint density at radius 1 is 1.07 bits per heavy atom. The van der Waals surface area contributed by atoms with Crippen molar-refractivity contribution in [2.75, 3.05) is 0 Å². The van der Waals surface area contributed by atoms with Crippen LogP contribution in [0.15, 0.2) is 59.6 Å². The number of carbonyl (C=O) groups is 1. The van der Waals surface area contributed by atoms with Crippen molar-refractivity contribution in [3.05, 3.63) is 66.0 Å². The van der Waals surface area contributed by atoms with Gasteiger partial charge in [0.1, 0.15) is 5.82 Å². The summed E-state index contributed by atoms with van der Waals surface area (Å²) in [6, 6.07) is 15.5. The number of alkyl halides is 2. The molecule has 0 spiro atoms. The van der Waals surface area contributed by atoms with Crippen LogP contribution in [0.4, 0.5) is 8.78 Å². The second kappa shape index (κ2) is 6.96. The molecule has 2 heterocycles. The SMILES string of the molecule is NC(=O)c1cc(SCc2nc3ccccc3n2C(F)F)nc2ccccc12. The topological polar surface area (TPSA) is 73.8 Å². The average Bonchev–Trinajstić information content (AvgIpc) is 3.04. The molecule has 0 unspecified atom stereocenters. The highest BCUT2D eigenvalue weighted by Gasteiger charge is 2.18. The van der Waals surface area contributed by atoms with E-state index in [9.17, 15) is 13.6 Å². The Morgan fingerprint density at radius 2 is 1.78 bits per heavy atom. The molecule has 136 valence electrons. The molecule has 2 aromatic carbocycles. The molecule has 0 aliphatic carbocycles. The zero-order chi connectivity index (χ0) is 19.0. The molecule has 1 amide bonds. The molecule has 0 saturated carbocycles. The summed E-state index contributed by atoms with van der Waals surface area (Å²) in [7, 11) is 0. The van der Waals surface area contributed by atoms with Gasteiger partial charge >= 0.3 is 6.55 Å². The van der Waals surface area contributed by atoms with Crippen LogP contribution in [-0.2, 0) is 5.75 Å². The molecular formula is C19H14F2N4OS. The van der Waals surface area contributed by atoms with Crippen molar-refractivity contribution in [3.8, 4) is 0 Å². The van der Waals surface area contributed by atoms with E-state index in [0.717, 1.165) is 4.57 Å². The van der Waals surface area contributed by atoms with Crippen LogP contribution in [0, 0.1) is 0 Å². The van der Waals surface area contributed by atoms with Crippen LogP contribution in [0.1, 0.15) is 22.7 Å². The van der Waals surface area contributed by atoms with E-state index in [4.69, 9.17) is 5.73 Å². The zero-order valence-corrected chi connectivity index (χ0v) is 14.8. The summed E-state index contributed by atoms with van der Waals surface area (Å²) >= 11 is 1.23. The van der Waals surface area contributed by atoms with Crippen molar-refractivity contribution in [1.82, 2.24) is 14.5 Å². The number of amides is 1. The zero-order valence-electron chi connectivity index (χ0n) is 14.0. The molecule has 0 atom stereocenters. The van der Waals surface area contributed by atoms with Crippen molar-refractivity contribution < 1.29 is 13.6 Å². The van der Waals surface area contributed by atoms with Crippen LogP contribution < -0.4 is 5.73 Å². The molecule has 0 saturated heterocycles. The summed E-state index contributed by atoms with van der Waals surface area (Å²) in [4.78, 5) is 20.6. The van der Waals surface area contributed by atoms with Gasteiger partial charge in [-0.05, 0) is 24.3 Å². The maximum Gasteiger partial charge on any atom is 0.320 e. The Balaban J connectivity index is 1.71. The predicted octanol–water partition coefficient (Wildman–Crippen LogP) is 4.37. The molecule has 0 radical (unpaired) electrons. The summed E-state index contributed by atoms with van der Waals surface area (Å²) < 4.78 is 28.0. The number of para-hydroxylation sites is 3. The van der Waals surface area contributed by atoms with Crippen molar-refractivity contribution in [2.24, 2.45) is 5.73 Å². The van der Waals surface area contributed by atoms with Crippen molar-refractivity contribution in [2.45, 2.75) is 17.3 Å². The quantitative estimate of drug-likeness (QED) is 0.519. The van der Waals surface area contributed by atoms with Crippen LogP contribution in [-0.4, -0.2) is 20.4 Å². The van der Waals surface area contributed by atoms with Gasteiger partial charge in [0.15, 0.2) is 0 Å². The third kappa shape index (κ3) is 3.23. The van der Waals surface area contributed by atoms with Gasteiger partial charge in [0.05, 0.1) is 32.9 Å². The summed E-state index contributed by atoms with van der Waals surface area (Å²) in [5.74, 6) is -0.134. The van der Waals surface area contributed by atoms with Gasteiger partial charge in [0.25, 0.3) is 0 Å². The third-order valence-corrected chi connectivity index (χ3v) is 5.08. The number of rotatable bonds is 5. The maximum absolute atomic E-state index is 13.5. The summed E-state index contributed by atoms with van der Waals surface area (Å²) in [5.41, 5.74) is 7.35. The van der Waals surface area contributed by atoms with Crippen LogP contribution in [0.3, 0.4) is 0 Å². The fourth-order valence-corrected chi connectivity index (χ4v) is 3.83. The third-order valence-electron chi connectivity index (χ3n) is 4.17. The van der Waals surface area contributed by atoms with E-state index in [0.29, 0.717) is 32.5 Å². The molecular weight excluding hydrogens is 370 g/mol. The first kappa shape index (κ1) is 17.4. The van der Waals surface area contributed by atoms with E-state index in [1.54, 1.807) is 48.5 Å². The highest BCUT2D eigenvalue weighted by atomic mass is 32.2. The lowest BCUT2D eigenvalue weighted by Crippen LogP contribution is -2.12. The number of thioether (sulfide) groups is 1. The van der Waals surface area contributed by atoms with Gasteiger partial charge in [0.2, 0.25) is 5.91 Å². The molecule has 8 heteroatoms. The first-order chi connectivity index (χ1) is 13.0. The molecule has 2 N–H and O–H groups in total. The smallest absolute Gasteiger partial charge is 0.320 e. The number of fused-ring (bicyclic) bond motifs is 2. The second-order valence-corrected chi connectivity index (χ2v) is 6.84. The number of pyridine rings is 1. The Kier molecular flexibility index (Phi) is 4.49. The Bertz CT molecular complexity index is 1160. The highest BCUT2D eigenvalue weighted by Crippen LogP contribution is 2.29. The monoisotopic (exact) mass is 384 g/mol. The molecule has 0 fully saturated rings. The Hall–Kier alpha value is -3.00. The van der Waals surface area contributed by atoms with Gasteiger partial charge in [-0.15, -0.1) is 0 Å². The highest BCUT2D eigenvalue weighted by molar-refractivity contribution is 7.98. The van der Waals surface area contributed by atoms with Gasteiger partial charge in [-0.1, -0.05) is 42.1 Å². The minimum atomic E-state index is -2.70. The number of hydrogen-bond donors (Lipinski definition) is 1. The summed E-state index contributed by atoms with van der Waals surface area (Å²) in [6.07, 6.45) is 0. The first-order valence-corrected chi connectivity index (χ1v) is 9.09. The number of hydrogen-bond acceptors (Lipinski definition) is 4. The molecule has 27 heavy (non-hydrogen) atoms. The summed E-state index contributed by atoms with van der Waals surface area (Å²) in [6.45, 7) is -2.70. The predicted molar refractivity (Wildman–Crippen MR) is 101 cm³/mol. The van der Waals surface area contributed by atoms with E-state index in [-0.39, 0.29) is 11.6 Å². The second-order valence-electron chi connectivity index (χ2n) is 5.84. The fraction of sp³-hybridized carbons (Fsp3) is 0.105. The Labute approximate surface area is 157 Å². The minimum Gasteiger partial charge on any atom is -0.366 e. The van der Waals surface area contributed by atoms with Gasteiger partial charge in [-0.3, -0.25) is 9.36 Å². The molecule has 4 aromatic rings. The van der Waals surface area contributed by atoms with Crippen LogP contribution >= 0.6 is 11.8 Å². The normalized spacial score (nSPS) is 11.5. The van der Waals surface area contributed by atoms with Crippen LogP contribution in [0.2, 0.25) is 0 Å². The Morgan fingerprint density at radius 3 is 2.52 bits per heavy atom. The van der Waals surface area contributed by atoms with Crippen molar-refractivity contribution in [3.63, 3.8) is 0 Å². The van der Waals surface area contributed by atoms with Gasteiger partial charge in [-0.25, -0.2) is 9.97 Å². The number of nitrogens with zero attached hydrogens (tertiary/aromatic N) is 3. The number of imidazole rings is 1. The van der Waals surface area contributed by atoms with E-state index < -0.39 is 12.5 Å². The summed E-state index contributed by atoms with van der Waals surface area (Å²) in [5, 5.41) is 1.18. The number of carbonyl (C=O) groups excluding carboxylic acids is 1. The van der Waals surface area contributed by atoms with E-state index in [1.807, 2.05) is 6.07 Å². The van der Waals surface area contributed by atoms with E-state index in [2.05, 4.69) is 9.97 Å². The largest absolute Gasteiger partial charge is 0.366 e. The standard InChI is InChI=1S/C19H14F2N4OS/c20-19(21)25-15-8-4-3-7-14(15)23-16(25)10-27-17-9-12(18(22)26)11-5-1-2-6-13(11)24-17/h1-9,19H,10H2,(H2,22,26). The number of nitrogens with two attached hydrogens (primary N) is 1. The van der Waals surface area contributed by atoms with Gasteiger partial charge < -0.3 is 5.73 Å². The van der Waals surface area contributed by atoms with Crippen LogP contribution in [0.5, 0.6) is 0 Å². The van der Waals surface area contributed by atoms with Crippen LogP contribution in [0.25, 0.3) is 21.9 Å². The molecule has 0 aliphatic rings. The van der Waals surface area contributed by atoms with E-state index in [1.165, 1.54) is 11.8 Å². The lowest BCUT2D eigenvalue weighted by Gasteiger charge is -2.09. The molecule has 5 nitrogen and oxygen atoms in total. The molecule has 2 aromatic heterocycles.